The van der Waals surface area contributed by atoms with Crippen molar-refractivity contribution in [1.29, 1.82) is 0 Å². The number of carbonyl (C=O) groups is 3. The van der Waals surface area contributed by atoms with Crippen LogP contribution >= 0.6 is 11.8 Å². The number of fused-ring (bicyclic) bond motifs is 1. The third kappa shape index (κ3) is 4.30. The van der Waals surface area contributed by atoms with E-state index in [-0.39, 0.29) is 30.2 Å². The molecule has 9 nitrogen and oxygen atoms in total. The second kappa shape index (κ2) is 7.85. The highest BCUT2D eigenvalue weighted by Gasteiger charge is 2.56. The van der Waals surface area contributed by atoms with Crippen molar-refractivity contribution in [3.63, 3.8) is 0 Å². The molecule has 0 saturated carbocycles. The van der Waals surface area contributed by atoms with Gasteiger partial charge in [-0.3, -0.25) is 9.69 Å². The van der Waals surface area contributed by atoms with Gasteiger partial charge in [0.05, 0.1) is 19.1 Å². The fraction of sp³-hybridized carbons (Fsp3) is 0.688. The first-order valence-electron chi connectivity index (χ1n) is 8.26. The molecule has 3 N–H and O–H groups in total. The largest absolute Gasteiger partial charge is 0.511 e. The van der Waals surface area contributed by atoms with Gasteiger partial charge in [-0.2, -0.15) is 0 Å². The van der Waals surface area contributed by atoms with E-state index in [9.17, 15) is 19.5 Å². The van der Waals surface area contributed by atoms with Gasteiger partial charge < -0.3 is 25.1 Å². The zero-order chi connectivity index (χ0) is 19.6. The normalized spacial score (nSPS) is 23.3. The van der Waals surface area contributed by atoms with E-state index in [1.165, 1.54) is 23.6 Å². The van der Waals surface area contributed by atoms with Crippen LogP contribution in [0.15, 0.2) is 10.6 Å². The molecular weight excluding hydrogens is 364 g/mol. The molecule has 2 aliphatic heterocycles. The van der Waals surface area contributed by atoms with E-state index in [0.29, 0.717) is 11.3 Å². The minimum absolute atomic E-state index is 0.0903. The van der Waals surface area contributed by atoms with Crippen LogP contribution in [0, 0.1) is 5.92 Å². The Morgan fingerprint density at radius 1 is 1.38 bits per heavy atom. The lowest BCUT2D eigenvalue weighted by atomic mass is 9.96. The monoisotopic (exact) mass is 388 g/mol. The fourth-order valence-corrected chi connectivity index (χ4v) is 4.39. The van der Waals surface area contributed by atoms with E-state index < -0.39 is 29.9 Å². The Balaban J connectivity index is 2.15. The van der Waals surface area contributed by atoms with Crippen LogP contribution in [-0.4, -0.2) is 58.5 Å². The summed E-state index contributed by atoms with van der Waals surface area (Å²) in [6, 6.07) is 0. The van der Waals surface area contributed by atoms with Gasteiger partial charge in [0, 0.05) is 17.4 Å². The second-order valence-corrected chi connectivity index (χ2v) is 7.93. The molecule has 3 atom stereocenters. The highest BCUT2D eigenvalue weighted by Crippen LogP contribution is 2.51. The number of hydrogen-bond acceptors (Lipinski definition) is 9. The number of hydrogen-bond donors (Lipinski definition) is 2. The SMILES string of the molecule is CCOC(=O)OC(C)OC(=O)C1=C(CC(C)(C)N)S[C@@H]2[C@@H](CO)C(=O)N12. The first kappa shape index (κ1) is 20.5. The number of rotatable bonds is 7. The van der Waals surface area contributed by atoms with Gasteiger partial charge in [-0.05, 0) is 27.2 Å². The van der Waals surface area contributed by atoms with Crippen molar-refractivity contribution in [2.75, 3.05) is 13.2 Å². The molecule has 0 radical (unpaired) electrons. The summed E-state index contributed by atoms with van der Waals surface area (Å²) in [5.41, 5.74) is 5.54. The lowest BCUT2D eigenvalue weighted by Crippen LogP contribution is -2.58. The minimum Gasteiger partial charge on any atom is -0.435 e. The Morgan fingerprint density at radius 2 is 2.04 bits per heavy atom. The molecule has 146 valence electrons. The van der Waals surface area contributed by atoms with Crippen molar-refractivity contribution in [1.82, 2.24) is 4.90 Å². The summed E-state index contributed by atoms with van der Waals surface area (Å²) in [6.07, 6.45) is -1.78. The maximum atomic E-state index is 12.6. The Bertz CT molecular complexity index is 629. The van der Waals surface area contributed by atoms with E-state index >= 15 is 0 Å². The van der Waals surface area contributed by atoms with Crippen molar-refractivity contribution >= 4 is 29.8 Å². The van der Waals surface area contributed by atoms with Crippen LogP contribution in [0.4, 0.5) is 4.79 Å². The number of esters is 1. The van der Waals surface area contributed by atoms with Crippen molar-refractivity contribution in [2.24, 2.45) is 11.7 Å². The molecule has 0 spiro atoms. The summed E-state index contributed by atoms with van der Waals surface area (Å²) in [4.78, 5) is 38.1. The number of nitrogens with zero attached hydrogens (tertiary/aromatic N) is 1. The molecule has 2 rings (SSSR count). The molecule has 0 aromatic carbocycles. The van der Waals surface area contributed by atoms with E-state index in [4.69, 9.17) is 15.2 Å². The number of amides is 1. The molecule has 2 heterocycles. The summed E-state index contributed by atoms with van der Waals surface area (Å²) in [5, 5.41) is 9.00. The molecule has 0 aromatic heterocycles. The third-order valence-electron chi connectivity index (χ3n) is 3.72. The van der Waals surface area contributed by atoms with Gasteiger partial charge in [-0.15, -0.1) is 11.8 Å². The summed E-state index contributed by atoms with van der Waals surface area (Å²) in [7, 11) is 0. The van der Waals surface area contributed by atoms with Gasteiger partial charge in [0.25, 0.3) is 0 Å². The topological polar surface area (TPSA) is 128 Å². The molecule has 1 saturated heterocycles. The van der Waals surface area contributed by atoms with E-state index in [2.05, 4.69) is 4.74 Å². The Kier molecular flexibility index (Phi) is 6.20. The van der Waals surface area contributed by atoms with Crippen LogP contribution in [0.2, 0.25) is 0 Å². The van der Waals surface area contributed by atoms with Crippen LogP contribution in [0.5, 0.6) is 0 Å². The molecule has 10 heteroatoms. The van der Waals surface area contributed by atoms with Gasteiger partial charge in [-0.1, -0.05) is 0 Å². The maximum Gasteiger partial charge on any atom is 0.511 e. The molecule has 26 heavy (non-hydrogen) atoms. The summed E-state index contributed by atoms with van der Waals surface area (Å²) < 4.78 is 14.6. The number of aliphatic hydroxyl groups excluding tert-OH is 1. The van der Waals surface area contributed by atoms with Gasteiger partial charge in [-0.25, -0.2) is 9.59 Å². The van der Waals surface area contributed by atoms with Crippen molar-refractivity contribution in [3.8, 4) is 0 Å². The lowest BCUT2D eigenvalue weighted by molar-refractivity contribution is -0.169. The number of β-lactam (4-membered cyclic amide) rings is 1. The standard InChI is InChI=1S/C16H24N2O7S/c1-5-23-15(22)25-8(2)24-14(21)11-10(6-16(3,4)17)26-13-9(7-19)12(20)18(11)13/h8-9,13,19H,5-7,17H2,1-4H3/t8?,9-,13+/m0/s1. The first-order chi connectivity index (χ1) is 12.1. The minimum atomic E-state index is -1.18. The van der Waals surface area contributed by atoms with Crippen LogP contribution in [0.25, 0.3) is 0 Å². The summed E-state index contributed by atoms with van der Waals surface area (Å²) in [6.45, 7) is 6.43. The predicted octanol–water partition coefficient (Wildman–Crippen LogP) is 0.911. The maximum absolute atomic E-state index is 12.6. The third-order valence-corrected chi connectivity index (χ3v) is 5.13. The average Bonchev–Trinajstić information content (AvgIpc) is 2.80. The highest BCUT2D eigenvalue weighted by atomic mass is 32.2. The molecular formula is C16H24N2O7S. The van der Waals surface area contributed by atoms with Gasteiger partial charge in [0.2, 0.25) is 12.2 Å². The van der Waals surface area contributed by atoms with Crippen molar-refractivity contribution in [2.45, 2.75) is 51.3 Å². The Morgan fingerprint density at radius 3 is 2.58 bits per heavy atom. The quantitative estimate of drug-likeness (QED) is 0.371. The predicted molar refractivity (Wildman–Crippen MR) is 92.4 cm³/mol. The molecule has 0 aliphatic carbocycles. The smallest absolute Gasteiger partial charge is 0.435 e. The number of nitrogens with two attached hydrogens (primary N) is 1. The molecule has 1 amide bonds. The average molecular weight is 388 g/mol. The van der Waals surface area contributed by atoms with E-state index in [0.717, 1.165) is 0 Å². The molecule has 1 unspecified atom stereocenters. The van der Waals surface area contributed by atoms with Crippen LogP contribution in [0.3, 0.4) is 0 Å². The summed E-state index contributed by atoms with van der Waals surface area (Å²) >= 11 is 1.32. The van der Waals surface area contributed by atoms with E-state index in [1.807, 2.05) is 0 Å². The second-order valence-electron chi connectivity index (χ2n) is 6.72. The highest BCUT2D eigenvalue weighted by molar-refractivity contribution is 8.04. The van der Waals surface area contributed by atoms with Gasteiger partial charge in [0.1, 0.15) is 11.1 Å². The Hall–Kier alpha value is -1.78. The van der Waals surface area contributed by atoms with Crippen LogP contribution < -0.4 is 5.73 Å². The number of carbonyl (C=O) groups excluding carboxylic acids is 3. The zero-order valence-electron chi connectivity index (χ0n) is 15.2. The number of aliphatic hydroxyl groups is 1. The van der Waals surface area contributed by atoms with E-state index in [1.54, 1.807) is 20.8 Å². The first-order valence-corrected chi connectivity index (χ1v) is 9.14. The fourth-order valence-electron chi connectivity index (χ4n) is 2.67. The summed E-state index contributed by atoms with van der Waals surface area (Å²) in [5.74, 6) is -1.70. The van der Waals surface area contributed by atoms with Crippen molar-refractivity contribution < 1.29 is 33.7 Å². The Labute approximate surface area is 155 Å². The molecule has 1 fully saturated rings. The van der Waals surface area contributed by atoms with Crippen LogP contribution in [-0.2, 0) is 23.8 Å². The molecule has 0 bridgehead atoms. The number of ether oxygens (including phenoxy) is 3. The molecule has 0 aromatic rings. The van der Waals surface area contributed by atoms with Crippen molar-refractivity contribution in [3.05, 3.63) is 10.6 Å². The zero-order valence-corrected chi connectivity index (χ0v) is 16.0. The van der Waals surface area contributed by atoms with Gasteiger partial charge in [0.15, 0.2) is 0 Å². The number of thioether (sulfide) groups is 1. The lowest BCUT2D eigenvalue weighted by Gasteiger charge is -2.41. The van der Waals surface area contributed by atoms with Crippen LogP contribution in [0.1, 0.15) is 34.1 Å². The molecule has 2 aliphatic rings. The van der Waals surface area contributed by atoms with Gasteiger partial charge >= 0.3 is 12.1 Å².